The summed E-state index contributed by atoms with van der Waals surface area (Å²) in [6.07, 6.45) is -6.61. The molecule has 1 aromatic carbocycles. The van der Waals surface area contributed by atoms with Crippen LogP contribution >= 0.6 is 11.3 Å². The molecule has 0 aliphatic heterocycles. The Hall–Kier alpha value is -2.64. The Balaban J connectivity index is 2.56. The zero-order valence-corrected chi connectivity index (χ0v) is 15.6. The molecule has 0 radical (unpaired) electrons. The van der Waals surface area contributed by atoms with Crippen LogP contribution in [0.3, 0.4) is 0 Å². The minimum Gasteiger partial charge on any atom is -0.406 e. The number of rotatable bonds is 6. The molecule has 8 nitrogen and oxygen atoms in total. The number of ether oxygens (including phenoxy) is 1. The minimum absolute atomic E-state index is 0.0739. The molecule has 0 aliphatic rings. The summed E-state index contributed by atoms with van der Waals surface area (Å²) in [4.78, 5) is 22.3. The highest BCUT2D eigenvalue weighted by atomic mass is 32.2. The highest BCUT2D eigenvalue weighted by Crippen LogP contribution is 2.35. The number of nitrogens with two attached hydrogens (primary N) is 1. The second kappa shape index (κ2) is 7.77. The van der Waals surface area contributed by atoms with Crippen LogP contribution in [0.5, 0.6) is 5.75 Å². The van der Waals surface area contributed by atoms with E-state index in [0.29, 0.717) is 17.4 Å². The van der Waals surface area contributed by atoms with Crippen molar-refractivity contribution < 1.29 is 41.0 Å². The van der Waals surface area contributed by atoms with Gasteiger partial charge in [0.1, 0.15) is 16.1 Å². The van der Waals surface area contributed by atoms with Crippen molar-refractivity contribution in [1.82, 2.24) is 0 Å². The van der Waals surface area contributed by atoms with E-state index in [9.17, 15) is 36.3 Å². The van der Waals surface area contributed by atoms with Gasteiger partial charge in [-0.15, -0.1) is 24.5 Å². The molecule has 0 unspecified atom stereocenters. The average molecular weight is 438 g/mol. The number of thiophene rings is 1. The molecule has 0 saturated heterocycles. The Labute approximate surface area is 160 Å². The number of carbonyl (C=O) groups excluding carboxylic acids is 2. The number of primary amides is 1. The van der Waals surface area contributed by atoms with E-state index in [0.717, 1.165) is 25.1 Å². The Bertz CT molecular complexity index is 1020. The molecular weight excluding hydrogens is 425 g/mol. The molecule has 1 atom stereocenters. The number of benzene rings is 1. The smallest absolute Gasteiger partial charge is 0.406 e. The lowest BCUT2D eigenvalue weighted by molar-refractivity contribution is -0.274. The number of halogens is 3. The molecule has 2 amide bonds. The molecule has 0 saturated carbocycles. The molecule has 0 fully saturated rings. The van der Waals surface area contributed by atoms with Crippen LogP contribution in [-0.4, -0.2) is 37.8 Å². The molecule has 1 heterocycles. The number of hydrogen-bond donors (Lipinski definition) is 3. The lowest BCUT2D eigenvalue weighted by atomic mass is 10.2. The third kappa shape index (κ3) is 4.99. The third-order valence-electron chi connectivity index (χ3n) is 3.24. The molecule has 152 valence electrons. The molecule has 2 rings (SSSR count). The Morgan fingerprint density at radius 3 is 2.43 bits per heavy atom. The van der Waals surface area contributed by atoms with Crippen LogP contribution in [0.25, 0.3) is 0 Å². The monoisotopic (exact) mass is 438 g/mol. The van der Waals surface area contributed by atoms with Crippen molar-refractivity contribution in [3.05, 3.63) is 35.2 Å². The normalized spacial score (nSPS) is 13.0. The Morgan fingerprint density at radius 1 is 1.29 bits per heavy atom. The van der Waals surface area contributed by atoms with Gasteiger partial charge in [0.05, 0.1) is 16.1 Å². The van der Waals surface area contributed by atoms with Crippen LogP contribution in [0.15, 0.2) is 38.8 Å². The SMILES string of the molecule is C[C@H](O)C(=O)Nc1cc(OC(F)(F)F)ccc1S(=O)(=O)c1cc(C(N)=O)cs1. The van der Waals surface area contributed by atoms with E-state index in [1.54, 1.807) is 0 Å². The first-order valence-electron chi connectivity index (χ1n) is 7.33. The maximum atomic E-state index is 12.8. The first-order valence-corrected chi connectivity index (χ1v) is 9.69. The standard InChI is InChI=1S/C15H13F3N2O6S2/c1-7(21)14(23)20-10-5-9(26-15(16,17)18)2-3-11(10)28(24,25)12-4-8(6-27-12)13(19)22/h2-7,21H,1H3,(H2,19,22)(H,20,23)/t7-/m0/s1. The maximum Gasteiger partial charge on any atom is 0.573 e. The van der Waals surface area contributed by atoms with Gasteiger partial charge in [0.25, 0.3) is 5.91 Å². The fraction of sp³-hybridized carbons (Fsp3) is 0.200. The van der Waals surface area contributed by atoms with Crippen molar-refractivity contribution in [2.24, 2.45) is 5.73 Å². The number of hydrogen-bond acceptors (Lipinski definition) is 7. The summed E-state index contributed by atoms with van der Waals surface area (Å²) in [5.41, 5.74) is 4.47. The third-order valence-corrected chi connectivity index (χ3v) is 6.49. The minimum atomic E-state index is -5.05. The maximum absolute atomic E-state index is 12.8. The lowest BCUT2D eigenvalue weighted by Crippen LogP contribution is -2.25. The van der Waals surface area contributed by atoms with Gasteiger partial charge >= 0.3 is 6.36 Å². The zero-order chi connectivity index (χ0) is 21.3. The molecule has 4 N–H and O–H groups in total. The summed E-state index contributed by atoms with van der Waals surface area (Å²) in [6.45, 7) is 1.08. The molecule has 0 aliphatic carbocycles. The zero-order valence-electron chi connectivity index (χ0n) is 14.0. The van der Waals surface area contributed by atoms with Gasteiger partial charge in [-0.1, -0.05) is 0 Å². The van der Waals surface area contributed by atoms with Crippen molar-refractivity contribution in [1.29, 1.82) is 0 Å². The number of aliphatic hydroxyl groups excluding tert-OH is 1. The summed E-state index contributed by atoms with van der Waals surface area (Å²) in [6, 6.07) is 3.21. The van der Waals surface area contributed by atoms with Crippen molar-refractivity contribution in [3.63, 3.8) is 0 Å². The van der Waals surface area contributed by atoms with E-state index >= 15 is 0 Å². The van der Waals surface area contributed by atoms with Crippen LogP contribution < -0.4 is 15.8 Å². The van der Waals surface area contributed by atoms with E-state index in [-0.39, 0.29) is 9.77 Å². The van der Waals surface area contributed by atoms with Crippen LogP contribution in [0.2, 0.25) is 0 Å². The summed E-state index contributed by atoms with van der Waals surface area (Å²) < 4.78 is 66.3. The van der Waals surface area contributed by atoms with Crippen LogP contribution in [0, 0.1) is 0 Å². The van der Waals surface area contributed by atoms with Crippen molar-refractivity contribution in [2.45, 2.75) is 28.5 Å². The van der Waals surface area contributed by atoms with E-state index in [4.69, 9.17) is 5.73 Å². The number of alkyl halides is 3. The van der Waals surface area contributed by atoms with Crippen LogP contribution in [0.1, 0.15) is 17.3 Å². The molecule has 2 aromatic rings. The number of sulfone groups is 1. The Kier molecular flexibility index (Phi) is 6.01. The second-order valence-electron chi connectivity index (χ2n) is 5.39. The highest BCUT2D eigenvalue weighted by Gasteiger charge is 2.32. The summed E-state index contributed by atoms with van der Waals surface area (Å²) in [5, 5.41) is 12.5. The number of carbonyl (C=O) groups is 2. The van der Waals surface area contributed by atoms with Crippen LogP contribution in [-0.2, 0) is 14.6 Å². The lowest BCUT2D eigenvalue weighted by Gasteiger charge is -2.15. The second-order valence-corrected chi connectivity index (χ2v) is 8.45. The van der Waals surface area contributed by atoms with E-state index < -0.39 is 50.5 Å². The number of anilines is 1. The van der Waals surface area contributed by atoms with Crippen molar-refractivity contribution >= 4 is 38.7 Å². The van der Waals surface area contributed by atoms with Gasteiger partial charge in [-0.3, -0.25) is 9.59 Å². The predicted octanol–water partition coefficient (Wildman–Crippen LogP) is 1.90. The van der Waals surface area contributed by atoms with Gasteiger partial charge in [-0.2, -0.15) is 0 Å². The molecule has 13 heteroatoms. The largest absolute Gasteiger partial charge is 0.573 e. The molecule has 28 heavy (non-hydrogen) atoms. The Morgan fingerprint density at radius 2 is 1.93 bits per heavy atom. The summed E-state index contributed by atoms with van der Waals surface area (Å²) in [7, 11) is -4.34. The quantitative estimate of drug-likeness (QED) is 0.630. The first-order chi connectivity index (χ1) is 12.8. The number of aliphatic hydroxyl groups is 1. The molecule has 0 spiro atoms. The van der Waals surface area contributed by atoms with E-state index in [1.165, 1.54) is 5.38 Å². The van der Waals surface area contributed by atoms with E-state index in [2.05, 4.69) is 4.74 Å². The molecular formula is C15H13F3N2O6S2. The van der Waals surface area contributed by atoms with Gasteiger partial charge in [-0.05, 0) is 25.1 Å². The first kappa shape index (κ1) is 21.7. The fourth-order valence-corrected chi connectivity index (χ4v) is 4.66. The van der Waals surface area contributed by atoms with Gasteiger partial charge in [0.15, 0.2) is 0 Å². The van der Waals surface area contributed by atoms with Crippen LogP contribution in [0.4, 0.5) is 18.9 Å². The van der Waals surface area contributed by atoms with Gasteiger partial charge in [-0.25, -0.2) is 8.42 Å². The van der Waals surface area contributed by atoms with Gasteiger partial charge < -0.3 is 20.9 Å². The van der Waals surface area contributed by atoms with E-state index in [1.807, 2.05) is 5.32 Å². The number of nitrogens with one attached hydrogen (secondary N) is 1. The van der Waals surface area contributed by atoms with Gasteiger partial charge in [0, 0.05) is 11.4 Å². The topological polar surface area (TPSA) is 136 Å². The van der Waals surface area contributed by atoms with Crippen molar-refractivity contribution in [3.8, 4) is 5.75 Å². The predicted molar refractivity (Wildman–Crippen MR) is 91.7 cm³/mol. The fourth-order valence-electron chi connectivity index (χ4n) is 1.97. The average Bonchev–Trinajstić information content (AvgIpc) is 3.04. The number of amides is 2. The summed E-state index contributed by atoms with van der Waals surface area (Å²) >= 11 is 0.666. The molecule has 1 aromatic heterocycles. The molecule has 0 bridgehead atoms. The van der Waals surface area contributed by atoms with Gasteiger partial charge in [0.2, 0.25) is 15.7 Å². The van der Waals surface area contributed by atoms with Crippen molar-refractivity contribution in [2.75, 3.05) is 5.32 Å². The highest BCUT2D eigenvalue weighted by molar-refractivity contribution is 7.93. The summed E-state index contributed by atoms with van der Waals surface area (Å²) in [5.74, 6) is -2.70.